The maximum Gasteiger partial charge on any atom is 0.127 e. The Bertz CT molecular complexity index is 838. The number of benzene rings is 1. The molecule has 3 rings (SSSR count). The molecule has 0 bridgehead atoms. The van der Waals surface area contributed by atoms with Crippen LogP contribution in [0, 0.1) is 6.42 Å². The maximum absolute atomic E-state index is 6.19. The highest BCUT2D eigenvalue weighted by Gasteiger charge is 2.17. The highest BCUT2D eigenvalue weighted by molar-refractivity contribution is 5.84. The second-order valence-electron chi connectivity index (χ2n) is 7.60. The summed E-state index contributed by atoms with van der Waals surface area (Å²) in [7, 11) is 8.33. The van der Waals surface area contributed by atoms with Crippen LogP contribution in [0.1, 0.15) is 12.0 Å². The predicted molar refractivity (Wildman–Crippen MR) is 117 cm³/mol. The van der Waals surface area contributed by atoms with E-state index in [0.717, 1.165) is 42.1 Å². The number of rotatable bonds is 8. The molecule has 1 aliphatic carbocycles. The summed E-state index contributed by atoms with van der Waals surface area (Å²) in [6, 6.07) is 12.4. The Morgan fingerprint density at radius 3 is 2.61 bits per heavy atom. The molecule has 1 heterocycles. The van der Waals surface area contributed by atoms with Gasteiger partial charge in [0.1, 0.15) is 12.4 Å². The van der Waals surface area contributed by atoms with Crippen LogP contribution in [0.25, 0.3) is 16.8 Å². The van der Waals surface area contributed by atoms with Gasteiger partial charge in [0, 0.05) is 30.4 Å². The molecule has 4 heteroatoms. The van der Waals surface area contributed by atoms with Gasteiger partial charge in [0.25, 0.3) is 0 Å². The maximum atomic E-state index is 6.19. The molecule has 2 aromatic rings. The molecule has 147 valence electrons. The van der Waals surface area contributed by atoms with Gasteiger partial charge in [0.15, 0.2) is 0 Å². The van der Waals surface area contributed by atoms with Crippen molar-refractivity contribution < 1.29 is 4.74 Å². The first-order valence-corrected chi connectivity index (χ1v) is 9.75. The zero-order chi connectivity index (χ0) is 19.9. The third-order valence-corrected chi connectivity index (χ3v) is 4.64. The van der Waals surface area contributed by atoms with Crippen molar-refractivity contribution in [2.24, 2.45) is 0 Å². The fourth-order valence-corrected chi connectivity index (χ4v) is 3.26. The zero-order valence-electron chi connectivity index (χ0n) is 17.4. The van der Waals surface area contributed by atoms with Crippen molar-refractivity contribution in [2.75, 3.05) is 47.9 Å². The highest BCUT2D eigenvalue weighted by Crippen LogP contribution is 2.36. The topological polar surface area (TPSA) is 28.6 Å². The normalized spacial score (nSPS) is 14.2. The highest BCUT2D eigenvalue weighted by atomic mass is 16.5. The van der Waals surface area contributed by atoms with Crippen LogP contribution in [-0.2, 0) is 0 Å². The lowest BCUT2D eigenvalue weighted by molar-refractivity contribution is 0.261. The van der Waals surface area contributed by atoms with Gasteiger partial charge in [-0.05, 0) is 82.5 Å². The number of likely N-dealkylation sites (N-methyl/N-ethyl adjacent to an activating group) is 2. The molecule has 1 aromatic heterocycles. The average molecular weight is 377 g/mol. The van der Waals surface area contributed by atoms with E-state index in [1.807, 2.05) is 24.4 Å². The molecule has 0 amide bonds. The number of nitrogens with zero attached hydrogens (tertiary/aromatic N) is 3. The van der Waals surface area contributed by atoms with Gasteiger partial charge in [-0.3, -0.25) is 4.98 Å². The first-order chi connectivity index (χ1) is 13.5. The molecule has 0 atom stereocenters. The Morgan fingerprint density at radius 2 is 1.89 bits per heavy atom. The quantitative estimate of drug-likeness (QED) is 0.691. The number of ether oxygens (including phenoxy) is 1. The van der Waals surface area contributed by atoms with Gasteiger partial charge >= 0.3 is 0 Å². The van der Waals surface area contributed by atoms with Crippen LogP contribution in [0.4, 0.5) is 0 Å². The van der Waals surface area contributed by atoms with Crippen molar-refractivity contribution in [1.82, 2.24) is 14.8 Å². The van der Waals surface area contributed by atoms with Crippen LogP contribution < -0.4 is 4.74 Å². The van der Waals surface area contributed by atoms with Gasteiger partial charge in [-0.1, -0.05) is 18.2 Å². The molecule has 1 radical (unpaired) electrons. The minimum atomic E-state index is 0.659. The summed E-state index contributed by atoms with van der Waals surface area (Å²) in [5.74, 6) is 0.924. The predicted octanol–water partition coefficient (Wildman–Crippen LogP) is 4.17. The third-order valence-electron chi connectivity index (χ3n) is 4.64. The van der Waals surface area contributed by atoms with E-state index in [0.29, 0.717) is 6.61 Å². The SMILES string of the molecule is CN(C)CCOc1ccc(-c2ccccn2)cc1C1=C(CN(C)C)[CH]CC=C1. The number of hydrogen-bond donors (Lipinski definition) is 0. The molecule has 4 nitrogen and oxygen atoms in total. The minimum Gasteiger partial charge on any atom is -0.492 e. The summed E-state index contributed by atoms with van der Waals surface area (Å²) in [5.41, 5.74) is 5.78. The van der Waals surface area contributed by atoms with E-state index in [9.17, 15) is 0 Å². The van der Waals surface area contributed by atoms with Crippen LogP contribution in [0.15, 0.2) is 60.3 Å². The number of aromatic nitrogens is 1. The van der Waals surface area contributed by atoms with Gasteiger partial charge in [0.2, 0.25) is 0 Å². The Labute approximate surface area is 169 Å². The minimum absolute atomic E-state index is 0.659. The summed E-state index contributed by atoms with van der Waals surface area (Å²) in [4.78, 5) is 8.86. The lowest BCUT2D eigenvalue weighted by Crippen LogP contribution is -2.20. The third kappa shape index (κ3) is 5.31. The van der Waals surface area contributed by atoms with Crippen molar-refractivity contribution >= 4 is 5.57 Å². The fraction of sp³-hybridized carbons (Fsp3) is 0.333. The molecule has 0 unspecified atom stereocenters. The monoisotopic (exact) mass is 376 g/mol. The van der Waals surface area contributed by atoms with Crippen molar-refractivity contribution in [3.8, 4) is 17.0 Å². The molecule has 1 aliphatic rings. The van der Waals surface area contributed by atoms with Crippen LogP contribution in [0.5, 0.6) is 5.75 Å². The summed E-state index contributed by atoms with van der Waals surface area (Å²) in [5, 5.41) is 0. The molecule has 0 saturated heterocycles. The molecule has 0 fully saturated rings. The van der Waals surface area contributed by atoms with Crippen molar-refractivity contribution in [3.63, 3.8) is 0 Å². The van der Waals surface area contributed by atoms with E-state index < -0.39 is 0 Å². The molecule has 0 saturated carbocycles. The molecular formula is C24H30N3O. The van der Waals surface area contributed by atoms with Gasteiger partial charge < -0.3 is 14.5 Å². The largest absolute Gasteiger partial charge is 0.492 e. The van der Waals surface area contributed by atoms with Gasteiger partial charge in [-0.2, -0.15) is 0 Å². The van der Waals surface area contributed by atoms with Crippen LogP contribution in [0.3, 0.4) is 0 Å². The number of pyridine rings is 1. The second-order valence-corrected chi connectivity index (χ2v) is 7.60. The molecule has 0 spiro atoms. The number of hydrogen-bond acceptors (Lipinski definition) is 4. The Morgan fingerprint density at radius 1 is 1.04 bits per heavy atom. The fourth-order valence-electron chi connectivity index (χ4n) is 3.26. The summed E-state index contributed by atoms with van der Waals surface area (Å²) >= 11 is 0. The van der Waals surface area contributed by atoms with Crippen molar-refractivity contribution in [1.29, 1.82) is 0 Å². The lowest BCUT2D eigenvalue weighted by atomic mass is 9.90. The molecule has 0 aliphatic heterocycles. The lowest BCUT2D eigenvalue weighted by Gasteiger charge is -2.22. The summed E-state index contributed by atoms with van der Waals surface area (Å²) in [6.07, 6.45) is 9.57. The van der Waals surface area contributed by atoms with Crippen LogP contribution >= 0.6 is 0 Å². The van der Waals surface area contributed by atoms with Crippen molar-refractivity contribution in [2.45, 2.75) is 6.42 Å². The Balaban J connectivity index is 2.03. The van der Waals surface area contributed by atoms with E-state index in [4.69, 9.17) is 4.74 Å². The van der Waals surface area contributed by atoms with E-state index in [1.54, 1.807) is 0 Å². The van der Waals surface area contributed by atoms with Gasteiger partial charge in [-0.15, -0.1) is 0 Å². The first kappa shape index (κ1) is 20.3. The Hall–Kier alpha value is -2.43. The van der Waals surface area contributed by atoms with E-state index >= 15 is 0 Å². The van der Waals surface area contributed by atoms with Gasteiger partial charge in [0.05, 0.1) is 5.69 Å². The van der Waals surface area contributed by atoms with E-state index in [2.05, 4.69) is 79.7 Å². The second kappa shape index (κ2) is 9.67. The smallest absolute Gasteiger partial charge is 0.127 e. The standard InChI is InChI=1S/C24H30N3O/c1-26(2)15-16-28-24-13-12-19(23-11-7-8-14-25-23)17-22(24)21-10-6-5-9-20(21)18-27(3)4/h6-14,17H,5,15-16,18H2,1-4H3. The van der Waals surface area contributed by atoms with E-state index in [-0.39, 0.29) is 0 Å². The van der Waals surface area contributed by atoms with E-state index in [1.165, 1.54) is 11.1 Å². The van der Waals surface area contributed by atoms with Gasteiger partial charge in [-0.25, -0.2) is 0 Å². The summed E-state index contributed by atoms with van der Waals surface area (Å²) in [6.45, 7) is 2.45. The van der Waals surface area contributed by atoms with Crippen LogP contribution in [-0.4, -0.2) is 62.7 Å². The summed E-state index contributed by atoms with van der Waals surface area (Å²) < 4.78 is 6.19. The number of allylic oxidation sites excluding steroid dienone is 3. The van der Waals surface area contributed by atoms with Crippen LogP contribution in [0.2, 0.25) is 0 Å². The Kier molecular flexibility index (Phi) is 7.01. The molecule has 28 heavy (non-hydrogen) atoms. The average Bonchev–Trinajstić information content (AvgIpc) is 2.69. The molecule has 0 N–H and O–H groups in total. The molecule has 1 aromatic carbocycles. The zero-order valence-corrected chi connectivity index (χ0v) is 17.4. The first-order valence-electron chi connectivity index (χ1n) is 9.75. The van der Waals surface area contributed by atoms with Crippen molar-refractivity contribution in [3.05, 3.63) is 72.3 Å². The molecular weight excluding hydrogens is 346 g/mol.